The number of nitro benzene ring substituents is 1. The third-order valence-electron chi connectivity index (χ3n) is 2.84. The molecule has 0 aliphatic rings. The molecule has 0 fully saturated rings. The lowest BCUT2D eigenvalue weighted by atomic mass is 10.2. The molecule has 0 unspecified atom stereocenters. The lowest BCUT2D eigenvalue weighted by molar-refractivity contribution is -0.384. The van der Waals surface area contributed by atoms with Crippen LogP contribution >= 0.6 is 0 Å². The second kappa shape index (κ2) is 5.97. The molecular weight excluding hydrogens is 254 g/mol. The molecule has 5 nitrogen and oxygen atoms in total. The van der Waals surface area contributed by atoms with E-state index in [4.69, 9.17) is 0 Å². The topological polar surface area (TPSA) is 58.7 Å². The van der Waals surface area contributed by atoms with Crippen LogP contribution in [0.15, 0.2) is 53.5 Å². The van der Waals surface area contributed by atoms with Gasteiger partial charge in [0.25, 0.3) is 5.69 Å². The molecule has 0 bridgehead atoms. The molecule has 2 aromatic carbocycles. The highest BCUT2D eigenvalue weighted by Gasteiger charge is 2.10. The molecule has 0 aromatic heterocycles. The zero-order valence-electron chi connectivity index (χ0n) is 11.4. The van der Waals surface area contributed by atoms with Crippen LogP contribution in [0.25, 0.3) is 0 Å². The first kappa shape index (κ1) is 13.7. The molecular formula is C15H15N3O2. The van der Waals surface area contributed by atoms with Crippen molar-refractivity contribution in [3.05, 3.63) is 64.2 Å². The molecule has 20 heavy (non-hydrogen) atoms. The summed E-state index contributed by atoms with van der Waals surface area (Å²) < 4.78 is 0. The molecule has 0 N–H and O–H groups in total. The summed E-state index contributed by atoms with van der Waals surface area (Å²) in [5.74, 6) is 0. The number of anilines is 1. The van der Waals surface area contributed by atoms with Crippen LogP contribution < -0.4 is 4.90 Å². The van der Waals surface area contributed by atoms with Gasteiger partial charge in [0.1, 0.15) is 5.69 Å². The lowest BCUT2D eigenvalue weighted by Gasteiger charge is -2.11. The first-order chi connectivity index (χ1) is 9.58. The molecule has 0 aliphatic heterocycles. The molecule has 0 amide bonds. The summed E-state index contributed by atoms with van der Waals surface area (Å²) in [5.41, 5.74) is 2.35. The number of rotatable bonds is 4. The van der Waals surface area contributed by atoms with Gasteiger partial charge < -0.3 is 4.90 Å². The molecule has 0 radical (unpaired) electrons. The van der Waals surface area contributed by atoms with E-state index < -0.39 is 4.92 Å². The Morgan fingerprint density at radius 2 is 1.75 bits per heavy atom. The third-order valence-corrected chi connectivity index (χ3v) is 2.84. The third kappa shape index (κ3) is 3.20. The Bertz CT molecular complexity index is 634. The number of para-hydroxylation sites is 2. The van der Waals surface area contributed by atoms with Crippen LogP contribution in [0.1, 0.15) is 5.56 Å². The molecule has 0 heterocycles. The number of hydrogen-bond donors (Lipinski definition) is 0. The normalized spacial score (nSPS) is 10.7. The zero-order chi connectivity index (χ0) is 14.5. The van der Waals surface area contributed by atoms with Gasteiger partial charge in [-0.05, 0) is 23.8 Å². The smallest absolute Gasteiger partial charge is 0.294 e. The molecule has 2 aromatic rings. The Balaban J connectivity index is 2.23. The summed E-state index contributed by atoms with van der Waals surface area (Å²) in [7, 11) is 3.94. The van der Waals surface area contributed by atoms with Crippen LogP contribution in [0.5, 0.6) is 0 Å². The van der Waals surface area contributed by atoms with Crippen molar-refractivity contribution < 1.29 is 4.92 Å². The van der Waals surface area contributed by atoms with Crippen molar-refractivity contribution in [2.45, 2.75) is 0 Å². The van der Waals surface area contributed by atoms with Gasteiger partial charge in [-0.3, -0.25) is 10.1 Å². The maximum Gasteiger partial charge on any atom is 0.294 e. The number of aliphatic imine (C=N–C) groups is 1. The second-order valence-electron chi connectivity index (χ2n) is 4.49. The molecule has 5 heteroatoms. The van der Waals surface area contributed by atoms with Crippen molar-refractivity contribution in [1.82, 2.24) is 0 Å². The van der Waals surface area contributed by atoms with E-state index in [0.29, 0.717) is 5.69 Å². The standard InChI is InChI=1S/C15H15N3O2/c1-17(2)13-9-7-12(8-10-13)11-16-14-5-3-4-6-15(14)18(19)20/h3-11H,1-2H3. The predicted octanol–water partition coefficient (Wildman–Crippen LogP) is 3.41. The van der Waals surface area contributed by atoms with E-state index in [9.17, 15) is 10.1 Å². The summed E-state index contributed by atoms with van der Waals surface area (Å²) in [5, 5.41) is 10.9. The van der Waals surface area contributed by atoms with Gasteiger partial charge in [0.05, 0.1) is 4.92 Å². The van der Waals surface area contributed by atoms with E-state index in [1.807, 2.05) is 43.3 Å². The fourth-order valence-corrected chi connectivity index (χ4v) is 1.73. The van der Waals surface area contributed by atoms with Crippen molar-refractivity contribution in [1.29, 1.82) is 0 Å². The Morgan fingerprint density at radius 3 is 2.35 bits per heavy atom. The van der Waals surface area contributed by atoms with Crippen LogP contribution in [-0.4, -0.2) is 25.2 Å². The molecule has 102 valence electrons. The van der Waals surface area contributed by atoms with E-state index in [2.05, 4.69) is 4.99 Å². The summed E-state index contributed by atoms with van der Waals surface area (Å²) in [6.45, 7) is 0. The maximum atomic E-state index is 10.9. The highest BCUT2D eigenvalue weighted by atomic mass is 16.6. The Morgan fingerprint density at radius 1 is 1.10 bits per heavy atom. The van der Waals surface area contributed by atoms with E-state index >= 15 is 0 Å². The molecule has 0 saturated carbocycles. The molecule has 0 atom stereocenters. The first-order valence-electron chi connectivity index (χ1n) is 6.13. The van der Waals surface area contributed by atoms with Gasteiger partial charge in [-0.2, -0.15) is 0 Å². The minimum atomic E-state index is -0.429. The van der Waals surface area contributed by atoms with E-state index in [0.717, 1.165) is 11.3 Å². The van der Waals surface area contributed by atoms with Crippen molar-refractivity contribution >= 4 is 23.3 Å². The summed E-state index contributed by atoms with van der Waals surface area (Å²) in [6, 6.07) is 14.2. The largest absolute Gasteiger partial charge is 0.378 e. The summed E-state index contributed by atoms with van der Waals surface area (Å²) in [4.78, 5) is 16.6. The molecule has 2 rings (SSSR count). The minimum Gasteiger partial charge on any atom is -0.378 e. The van der Waals surface area contributed by atoms with E-state index in [1.165, 1.54) is 6.07 Å². The summed E-state index contributed by atoms with van der Waals surface area (Å²) in [6.07, 6.45) is 1.63. The molecule has 0 saturated heterocycles. The number of nitrogens with zero attached hydrogens (tertiary/aromatic N) is 3. The Kier molecular flexibility index (Phi) is 4.10. The van der Waals surface area contributed by atoms with Gasteiger partial charge >= 0.3 is 0 Å². The predicted molar refractivity (Wildman–Crippen MR) is 81.1 cm³/mol. The average Bonchev–Trinajstić information content (AvgIpc) is 2.45. The van der Waals surface area contributed by atoms with Crippen molar-refractivity contribution in [2.24, 2.45) is 4.99 Å². The van der Waals surface area contributed by atoms with Gasteiger partial charge in [-0.1, -0.05) is 24.3 Å². The SMILES string of the molecule is CN(C)c1ccc(C=Nc2ccccc2[N+](=O)[O-])cc1. The van der Waals surface area contributed by atoms with Crippen molar-refractivity contribution in [3.8, 4) is 0 Å². The Hall–Kier alpha value is -2.69. The minimum absolute atomic E-state index is 0.00802. The van der Waals surface area contributed by atoms with E-state index in [-0.39, 0.29) is 5.69 Å². The fourth-order valence-electron chi connectivity index (χ4n) is 1.73. The highest BCUT2D eigenvalue weighted by molar-refractivity contribution is 5.83. The number of hydrogen-bond acceptors (Lipinski definition) is 4. The maximum absolute atomic E-state index is 10.9. The van der Waals surface area contributed by atoms with Gasteiger partial charge in [0, 0.05) is 32.1 Å². The van der Waals surface area contributed by atoms with Crippen LogP contribution in [0.4, 0.5) is 17.1 Å². The van der Waals surface area contributed by atoms with E-state index in [1.54, 1.807) is 24.4 Å². The monoisotopic (exact) mass is 269 g/mol. The van der Waals surface area contributed by atoms with Gasteiger partial charge in [0.15, 0.2) is 0 Å². The quantitative estimate of drug-likeness (QED) is 0.485. The molecule has 0 aliphatic carbocycles. The zero-order valence-corrected chi connectivity index (χ0v) is 11.4. The highest BCUT2D eigenvalue weighted by Crippen LogP contribution is 2.26. The van der Waals surface area contributed by atoms with Crippen LogP contribution in [0, 0.1) is 10.1 Å². The average molecular weight is 269 g/mol. The van der Waals surface area contributed by atoms with Crippen LogP contribution in [0.3, 0.4) is 0 Å². The van der Waals surface area contributed by atoms with Crippen molar-refractivity contribution in [2.75, 3.05) is 19.0 Å². The van der Waals surface area contributed by atoms with Gasteiger partial charge in [-0.15, -0.1) is 0 Å². The Labute approximate surface area is 117 Å². The fraction of sp³-hybridized carbons (Fsp3) is 0.133. The van der Waals surface area contributed by atoms with Crippen LogP contribution in [0.2, 0.25) is 0 Å². The first-order valence-corrected chi connectivity index (χ1v) is 6.13. The van der Waals surface area contributed by atoms with Gasteiger partial charge in [-0.25, -0.2) is 4.99 Å². The van der Waals surface area contributed by atoms with Crippen molar-refractivity contribution in [3.63, 3.8) is 0 Å². The lowest BCUT2D eigenvalue weighted by Crippen LogP contribution is -2.08. The number of nitro groups is 1. The van der Waals surface area contributed by atoms with Crippen LogP contribution in [-0.2, 0) is 0 Å². The van der Waals surface area contributed by atoms with Gasteiger partial charge in [0.2, 0.25) is 0 Å². The second-order valence-corrected chi connectivity index (χ2v) is 4.49. The molecule has 0 spiro atoms. The number of benzene rings is 2. The summed E-state index contributed by atoms with van der Waals surface area (Å²) >= 11 is 0.